The third-order valence-electron chi connectivity index (χ3n) is 5.62. The summed E-state index contributed by atoms with van der Waals surface area (Å²) in [4.78, 5) is 18.0. The van der Waals surface area contributed by atoms with Gasteiger partial charge in [0.2, 0.25) is 0 Å². The van der Waals surface area contributed by atoms with Crippen molar-refractivity contribution >= 4 is 37.6 Å². The number of nitrogens with zero attached hydrogens (tertiary/aromatic N) is 4. The second kappa shape index (κ2) is 7.47. The maximum absolute atomic E-state index is 5.15. The van der Waals surface area contributed by atoms with Gasteiger partial charge >= 0.3 is 0 Å². The number of fused-ring (bicyclic) bond motifs is 5. The Morgan fingerprint density at radius 3 is 2.54 bits per heavy atom. The quantitative estimate of drug-likeness (QED) is 0.591. The average molecular weight is 369 g/mol. The van der Waals surface area contributed by atoms with Crippen molar-refractivity contribution in [2.45, 2.75) is 65.7 Å². The van der Waals surface area contributed by atoms with Gasteiger partial charge in [-0.05, 0) is 63.5 Å². The van der Waals surface area contributed by atoms with E-state index in [-0.39, 0.29) is 0 Å². The number of thiophene rings is 1. The Hall–Kier alpha value is -1.75. The molecule has 26 heavy (non-hydrogen) atoms. The number of anilines is 1. The standard InChI is InChI=1S/C21H28N4S/c1-4-7-12-16-14-10-8-9-11-15(14)17-18-19(26-21(17)24-16)20(23-13-22-18)25(5-2)6-3/h13H,4-12H2,1-3H3. The summed E-state index contributed by atoms with van der Waals surface area (Å²) in [7, 11) is 0. The Kier molecular flexibility index (Phi) is 5.07. The van der Waals surface area contributed by atoms with Gasteiger partial charge in [-0.15, -0.1) is 11.3 Å². The zero-order valence-electron chi connectivity index (χ0n) is 16.1. The highest BCUT2D eigenvalue weighted by molar-refractivity contribution is 7.26. The van der Waals surface area contributed by atoms with E-state index < -0.39 is 0 Å². The zero-order valence-corrected chi connectivity index (χ0v) is 17.0. The number of rotatable bonds is 6. The number of aromatic nitrogens is 3. The molecule has 0 saturated carbocycles. The van der Waals surface area contributed by atoms with Crippen LogP contribution in [0.15, 0.2) is 6.33 Å². The molecule has 0 fully saturated rings. The lowest BCUT2D eigenvalue weighted by Gasteiger charge is -2.20. The molecule has 0 bridgehead atoms. The molecule has 138 valence electrons. The van der Waals surface area contributed by atoms with Gasteiger partial charge < -0.3 is 4.90 Å². The van der Waals surface area contributed by atoms with Crippen LogP contribution in [0.5, 0.6) is 0 Å². The highest BCUT2D eigenvalue weighted by Crippen LogP contribution is 2.41. The van der Waals surface area contributed by atoms with E-state index in [9.17, 15) is 0 Å². The first kappa shape index (κ1) is 17.7. The summed E-state index contributed by atoms with van der Waals surface area (Å²) < 4.78 is 1.21. The number of unbranched alkanes of at least 4 members (excludes halogenated alkanes) is 1. The molecule has 1 aliphatic rings. The van der Waals surface area contributed by atoms with Crippen LogP contribution in [-0.4, -0.2) is 28.0 Å². The van der Waals surface area contributed by atoms with Crippen LogP contribution < -0.4 is 4.90 Å². The van der Waals surface area contributed by atoms with Crippen molar-refractivity contribution in [3.63, 3.8) is 0 Å². The fraction of sp³-hybridized carbons (Fsp3) is 0.571. The van der Waals surface area contributed by atoms with Crippen LogP contribution in [0.3, 0.4) is 0 Å². The minimum absolute atomic E-state index is 0.962. The molecular formula is C21H28N4S. The zero-order chi connectivity index (χ0) is 18.1. The second-order valence-corrected chi connectivity index (χ2v) is 8.15. The molecule has 5 heteroatoms. The molecule has 3 aromatic rings. The van der Waals surface area contributed by atoms with E-state index in [1.165, 1.54) is 70.3 Å². The van der Waals surface area contributed by atoms with Crippen molar-refractivity contribution in [2.24, 2.45) is 0 Å². The van der Waals surface area contributed by atoms with Crippen LogP contribution in [0.25, 0.3) is 20.4 Å². The van der Waals surface area contributed by atoms with Crippen LogP contribution in [-0.2, 0) is 19.3 Å². The Bertz CT molecular complexity index is 927. The van der Waals surface area contributed by atoms with Crippen molar-refractivity contribution in [3.05, 3.63) is 23.1 Å². The smallest absolute Gasteiger partial charge is 0.150 e. The molecule has 0 unspecified atom stereocenters. The molecule has 0 radical (unpaired) electrons. The van der Waals surface area contributed by atoms with Gasteiger partial charge in [-0.2, -0.15) is 0 Å². The Labute approximate surface area is 159 Å². The van der Waals surface area contributed by atoms with Crippen molar-refractivity contribution in [1.82, 2.24) is 15.0 Å². The minimum Gasteiger partial charge on any atom is -0.356 e. The Morgan fingerprint density at radius 1 is 1.04 bits per heavy atom. The largest absolute Gasteiger partial charge is 0.356 e. The molecule has 0 saturated heterocycles. The lowest BCUT2D eigenvalue weighted by Crippen LogP contribution is -2.23. The molecule has 0 amide bonds. The van der Waals surface area contributed by atoms with Crippen LogP contribution in [0, 0.1) is 0 Å². The van der Waals surface area contributed by atoms with Crippen molar-refractivity contribution in [1.29, 1.82) is 0 Å². The van der Waals surface area contributed by atoms with Crippen molar-refractivity contribution in [3.8, 4) is 0 Å². The number of aryl methyl sites for hydroxylation is 2. The van der Waals surface area contributed by atoms with Crippen molar-refractivity contribution in [2.75, 3.05) is 18.0 Å². The first-order valence-electron chi connectivity index (χ1n) is 10.1. The van der Waals surface area contributed by atoms with Gasteiger partial charge in [0.25, 0.3) is 0 Å². The first-order chi connectivity index (χ1) is 12.8. The highest BCUT2D eigenvalue weighted by atomic mass is 32.1. The molecule has 4 nitrogen and oxygen atoms in total. The third kappa shape index (κ3) is 2.86. The molecule has 4 rings (SSSR count). The van der Waals surface area contributed by atoms with Gasteiger partial charge in [-0.3, -0.25) is 0 Å². The summed E-state index contributed by atoms with van der Waals surface area (Å²) in [6.45, 7) is 8.56. The van der Waals surface area contributed by atoms with E-state index in [1.54, 1.807) is 17.7 Å². The van der Waals surface area contributed by atoms with E-state index in [1.807, 2.05) is 0 Å². The Balaban J connectivity index is 1.99. The maximum Gasteiger partial charge on any atom is 0.150 e. The first-order valence-corrected chi connectivity index (χ1v) is 10.9. The maximum atomic E-state index is 5.15. The van der Waals surface area contributed by atoms with Gasteiger partial charge in [-0.1, -0.05) is 13.3 Å². The summed E-state index contributed by atoms with van der Waals surface area (Å²) in [6.07, 6.45) is 10.2. The summed E-state index contributed by atoms with van der Waals surface area (Å²) in [5.74, 6) is 1.07. The van der Waals surface area contributed by atoms with E-state index in [0.717, 1.165) is 30.8 Å². The van der Waals surface area contributed by atoms with Crippen LogP contribution in [0.1, 0.15) is 63.3 Å². The van der Waals surface area contributed by atoms with Gasteiger partial charge in [-0.25, -0.2) is 15.0 Å². The minimum atomic E-state index is 0.962. The number of pyridine rings is 1. The average Bonchev–Trinajstić information content (AvgIpc) is 3.06. The molecule has 3 heterocycles. The highest BCUT2D eigenvalue weighted by Gasteiger charge is 2.23. The van der Waals surface area contributed by atoms with E-state index >= 15 is 0 Å². The molecular weight excluding hydrogens is 340 g/mol. The molecule has 0 spiro atoms. The third-order valence-corrected chi connectivity index (χ3v) is 6.69. The normalized spacial score (nSPS) is 14.1. The van der Waals surface area contributed by atoms with Crippen LogP contribution in [0.2, 0.25) is 0 Å². The summed E-state index contributed by atoms with van der Waals surface area (Å²) in [5.41, 5.74) is 5.52. The molecule has 0 aromatic carbocycles. The predicted molar refractivity (Wildman–Crippen MR) is 112 cm³/mol. The molecule has 3 aromatic heterocycles. The molecule has 0 atom stereocenters. The Morgan fingerprint density at radius 2 is 1.81 bits per heavy atom. The van der Waals surface area contributed by atoms with E-state index in [4.69, 9.17) is 9.97 Å². The fourth-order valence-corrected chi connectivity index (χ4v) is 5.42. The van der Waals surface area contributed by atoms with Gasteiger partial charge in [0.15, 0.2) is 0 Å². The lowest BCUT2D eigenvalue weighted by molar-refractivity contribution is 0.670. The monoisotopic (exact) mass is 368 g/mol. The summed E-state index contributed by atoms with van der Waals surface area (Å²) >= 11 is 1.79. The number of hydrogen-bond acceptors (Lipinski definition) is 5. The molecule has 1 aliphatic carbocycles. The van der Waals surface area contributed by atoms with Crippen LogP contribution >= 0.6 is 11.3 Å². The van der Waals surface area contributed by atoms with E-state index in [2.05, 4.69) is 30.7 Å². The molecule has 0 aliphatic heterocycles. The summed E-state index contributed by atoms with van der Waals surface area (Å²) in [5, 5.41) is 1.32. The van der Waals surface area contributed by atoms with Gasteiger partial charge in [0.1, 0.15) is 17.0 Å². The van der Waals surface area contributed by atoms with Gasteiger partial charge in [0.05, 0.1) is 10.2 Å². The van der Waals surface area contributed by atoms with E-state index in [0.29, 0.717) is 0 Å². The van der Waals surface area contributed by atoms with Crippen molar-refractivity contribution < 1.29 is 0 Å². The fourth-order valence-electron chi connectivity index (χ4n) is 4.23. The lowest BCUT2D eigenvalue weighted by atomic mass is 9.87. The SMILES string of the molecule is CCCCc1nc2sc3c(N(CC)CC)ncnc3c2c2c1CCCC2. The topological polar surface area (TPSA) is 41.9 Å². The predicted octanol–water partition coefficient (Wildman–Crippen LogP) is 5.31. The second-order valence-electron chi connectivity index (χ2n) is 7.16. The molecule has 0 N–H and O–H groups in total. The summed E-state index contributed by atoms with van der Waals surface area (Å²) in [6, 6.07) is 0. The van der Waals surface area contributed by atoms with Gasteiger partial charge in [0, 0.05) is 24.2 Å². The number of hydrogen-bond donors (Lipinski definition) is 0. The van der Waals surface area contributed by atoms with Crippen LogP contribution in [0.4, 0.5) is 5.82 Å².